The van der Waals surface area contributed by atoms with Crippen molar-refractivity contribution in [3.8, 4) is 28.7 Å². The zero-order valence-electron chi connectivity index (χ0n) is 20.8. The number of amides is 1. The summed E-state index contributed by atoms with van der Waals surface area (Å²) in [4.78, 5) is 30.6. The van der Waals surface area contributed by atoms with Crippen molar-refractivity contribution in [1.82, 2.24) is 29.6 Å². The molecule has 0 saturated carbocycles. The first kappa shape index (κ1) is 23.5. The van der Waals surface area contributed by atoms with Gasteiger partial charge < -0.3 is 14.5 Å². The monoisotopic (exact) mass is 483 g/mol. The zero-order valence-corrected chi connectivity index (χ0v) is 20.8. The molecule has 0 atom stereocenters. The Bertz CT molecular complexity index is 1340. The molecule has 36 heavy (non-hydrogen) atoms. The molecule has 5 rings (SSSR count). The lowest BCUT2D eigenvalue weighted by Crippen LogP contribution is -2.50. The highest BCUT2D eigenvalue weighted by atomic mass is 16.5. The van der Waals surface area contributed by atoms with E-state index >= 15 is 0 Å². The van der Waals surface area contributed by atoms with E-state index < -0.39 is 0 Å². The fourth-order valence-corrected chi connectivity index (χ4v) is 4.51. The molecule has 9 nitrogen and oxygen atoms in total. The lowest BCUT2D eigenvalue weighted by molar-refractivity contribution is -0.132. The maximum Gasteiger partial charge on any atom is 0.244 e. The van der Waals surface area contributed by atoms with Gasteiger partial charge >= 0.3 is 0 Å². The fourth-order valence-electron chi connectivity index (χ4n) is 4.51. The number of piperazine rings is 1. The number of rotatable bonds is 6. The highest BCUT2D eigenvalue weighted by Gasteiger charge is 2.24. The van der Waals surface area contributed by atoms with Crippen molar-refractivity contribution in [1.29, 1.82) is 0 Å². The minimum Gasteiger partial charge on any atom is -0.481 e. The number of ether oxygens (including phenoxy) is 1. The first-order valence-electron chi connectivity index (χ1n) is 12.0. The number of anilines is 1. The van der Waals surface area contributed by atoms with E-state index in [1.165, 1.54) is 6.33 Å². The maximum atomic E-state index is 13.3. The quantitative estimate of drug-likeness (QED) is 0.415. The van der Waals surface area contributed by atoms with E-state index in [0.717, 1.165) is 28.1 Å². The van der Waals surface area contributed by atoms with E-state index in [1.807, 2.05) is 41.3 Å². The standard InChI is InChI=1S/C27H29N7O2/c1-19-13-20(2)15-22(14-19)26-30-27(21-7-5-4-6-8-21)34(31-26)17-25(35)33-11-9-32(10-12-33)23-16-24(36-3)29-18-28-23/h4-8,13-16,18H,9-12,17H2,1-3H3. The summed E-state index contributed by atoms with van der Waals surface area (Å²) in [5, 5.41) is 4.77. The van der Waals surface area contributed by atoms with Gasteiger partial charge in [0, 0.05) is 43.4 Å². The molecule has 1 amide bonds. The van der Waals surface area contributed by atoms with E-state index in [-0.39, 0.29) is 12.5 Å². The van der Waals surface area contributed by atoms with Crippen LogP contribution in [-0.4, -0.2) is 68.8 Å². The Balaban J connectivity index is 1.35. The average Bonchev–Trinajstić information content (AvgIpc) is 3.32. The molecular formula is C27H29N7O2. The highest BCUT2D eigenvalue weighted by molar-refractivity contribution is 5.77. The topological polar surface area (TPSA) is 89.3 Å². The summed E-state index contributed by atoms with van der Waals surface area (Å²) in [6, 6.07) is 18.0. The number of nitrogens with zero attached hydrogens (tertiary/aromatic N) is 7. The largest absolute Gasteiger partial charge is 0.481 e. The molecule has 1 fully saturated rings. The minimum absolute atomic E-state index is 0.0176. The van der Waals surface area contributed by atoms with Gasteiger partial charge in [-0.05, 0) is 26.0 Å². The van der Waals surface area contributed by atoms with Crippen LogP contribution in [0.3, 0.4) is 0 Å². The van der Waals surface area contributed by atoms with Gasteiger partial charge in [-0.25, -0.2) is 19.6 Å². The third-order valence-corrected chi connectivity index (χ3v) is 6.26. The summed E-state index contributed by atoms with van der Waals surface area (Å²) in [6.07, 6.45) is 1.49. The van der Waals surface area contributed by atoms with E-state index in [2.05, 4.69) is 46.9 Å². The van der Waals surface area contributed by atoms with Crippen LogP contribution in [0.4, 0.5) is 5.82 Å². The van der Waals surface area contributed by atoms with Crippen LogP contribution in [0.15, 0.2) is 60.9 Å². The van der Waals surface area contributed by atoms with E-state index in [4.69, 9.17) is 14.8 Å². The molecule has 1 saturated heterocycles. The van der Waals surface area contributed by atoms with Gasteiger partial charge in [-0.15, -0.1) is 5.10 Å². The lowest BCUT2D eigenvalue weighted by atomic mass is 10.1. The average molecular weight is 484 g/mol. The van der Waals surface area contributed by atoms with Crippen molar-refractivity contribution in [2.24, 2.45) is 0 Å². The van der Waals surface area contributed by atoms with Gasteiger partial charge in [-0.1, -0.05) is 47.5 Å². The molecule has 0 unspecified atom stereocenters. The van der Waals surface area contributed by atoms with Crippen molar-refractivity contribution in [3.63, 3.8) is 0 Å². The van der Waals surface area contributed by atoms with Crippen LogP contribution in [0.1, 0.15) is 11.1 Å². The number of carbonyl (C=O) groups excluding carboxylic acids is 1. The molecule has 4 aromatic rings. The Kier molecular flexibility index (Phi) is 6.62. The Labute approximate surface area is 210 Å². The number of benzene rings is 2. The molecular weight excluding hydrogens is 454 g/mol. The highest BCUT2D eigenvalue weighted by Crippen LogP contribution is 2.25. The summed E-state index contributed by atoms with van der Waals surface area (Å²) in [7, 11) is 1.59. The van der Waals surface area contributed by atoms with Gasteiger partial charge in [-0.2, -0.15) is 0 Å². The molecule has 3 heterocycles. The third kappa shape index (κ3) is 5.05. The number of carbonyl (C=O) groups is 1. The Morgan fingerprint density at radius 2 is 1.64 bits per heavy atom. The summed E-state index contributed by atoms with van der Waals surface area (Å²) in [6.45, 7) is 6.82. The van der Waals surface area contributed by atoms with Gasteiger partial charge in [0.2, 0.25) is 11.8 Å². The molecule has 0 bridgehead atoms. The Hall–Kier alpha value is -4.27. The number of hydrogen-bond donors (Lipinski definition) is 0. The molecule has 0 N–H and O–H groups in total. The van der Waals surface area contributed by atoms with Crippen LogP contribution in [0.5, 0.6) is 5.88 Å². The van der Waals surface area contributed by atoms with Gasteiger partial charge in [0.15, 0.2) is 11.6 Å². The van der Waals surface area contributed by atoms with Crippen LogP contribution < -0.4 is 9.64 Å². The van der Waals surface area contributed by atoms with Gasteiger partial charge in [0.25, 0.3) is 0 Å². The summed E-state index contributed by atoms with van der Waals surface area (Å²) >= 11 is 0. The van der Waals surface area contributed by atoms with Crippen molar-refractivity contribution in [3.05, 3.63) is 72.1 Å². The van der Waals surface area contributed by atoms with Crippen molar-refractivity contribution in [2.45, 2.75) is 20.4 Å². The van der Waals surface area contributed by atoms with E-state index in [9.17, 15) is 4.79 Å². The van der Waals surface area contributed by atoms with Crippen LogP contribution in [0, 0.1) is 13.8 Å². The molecule has 2 aromatic carbocycles. The summed E-state index contributed by atoms with van der Waals surface area (Å²) in [5.41, 5.74) is 4.18. The second-order valence-electron chi connectivity index (χ2n) is 8.95. The maximum absolute atomic E-state index is 13.3. The third-order valence-electron chi connectivity index (χ3n) is 6.26. The van der Waals surface area contributed by atoms with E-state index in [0.29, 0.717) is 43.7 Å². The molecule has 0 radical (unpaired) electrons. The van der Waals surface area contributed by atoms with Gasteiger partial charge in [0.05, 0.1) is 7.11 Å². The van der Waals surface area contributed by atoms with E-state index in [1.54, 1.807) is 11.8 Å². The summed E-state index contributed by atoms with van der Waals surface area (Å²) in [5.74, 6) is 2.65. The fraction of sp³-hybridized carbons (Fsp3) is 0.296. The number of aryl methyl sites for hydroxylation is 2. The predicted octanol–water partition coefficient (Wildman–Crippen LogP) is 3.38. The molecule has 9 heteroatoms. The van der Waals surface area contributed by atoms with Crippen LogP contribution >= 0.6 is 0 Å². The minimum atomic E-state index is 0.0176. The van der Waals surface area contributed by atoms with Crippen LogP contribution in [-0.2, 0) is 11.3 Å². The second kappa shape index (κ2) is 10.2. The number of hydrogen-bond acceptors (Lipinski definition) is 7. The molecule has 2 aromatic heterocycles. The second-order valence-corrected chi connectivity index (χ2v) is 8.95. The molecule has 184 valence electrons. The molecule has 1 aliphatic rings. The molecule has 1 aliphatic heterocycles. The van der Waals surface area contributed by atoms with Gasteiger partial charge in [0.1, 0.15) is 18.7 Å². The first-order chi connectivity index (χ1) is 17.5. The van der Waals surface area contributed by atoms with Crippen LogP contribution in [0.25, 0.3) is 22.8 Å². The number of methoxy groups -OCH3 is 1. The molecule has 0 aliphatic carbocycles. The lowest BCUT2D eigenvalue weighted by Gasteiger charge is -2.35. The van der Waals surface area contributed by atoms with Crippen molar-refractivity contribution in [2.75, 3.05) is 38.2 Å². The number of aromatic nitrogens is 5. The Morgan fingerprint density at radius 3 is 2.33 bits per heavy atom. The normalized spacial score (nSPS) is 13.6. The van der Waals surface area contributed by atoms with Crippen molar-refractivity contribution < 1.29 is 9.53 Å². The zero-order chi connectivity index (χ0) is 25.1. The smallest absolute Gasteiger partial charge is 0.244 e. The SMILES string of the molecule is COc1cc(N2CCN(C(=O)Cn3nc(-c4cc(C)cc(C)c4)nc3-c3ccccc3)CC2)ncn1. The van der Waals surface area contributed by atoms with Crippen molar-refractivity contribution >= 4 is 11.7 Å². The van der Waals surface area contributed by atoms with Gasteiger partial charge in [-0.3, -0.25) is 4.79 Å². The predicted molar refractivity (Wildman–Crippen MR) is 138 cm³/mol. The molecule has 0 spiro atoms. The Morgan fingerprint density at radius 1 is 0.917 bits per heavy atom. The van der Waals surface area contributed by atoms with Crippen LogP contribution in [0.2, 0.25) is 0 Å². The first-order valence-corrected chi connectivity index (χ1v) is 12.0. The summed E-state index contributed by atoms with van der Waals surface area (Å²) < 4.78 is 6.94.